The van der Waals surface area contributed by atoms with Crippen LogP contribution in [0.3, 0.4) is 0 Å². The van der Waals surface area contributed by atoms with Gasteiger partial charge in [0, 0.05) is 11.6 Å². The van der Waals surface area contributed by atoms with Crippen LogP contribution >= 0.6 is 11.3 Å². The molecule has 27 heavy (non-hydrogen) atoms. The maximum Gasteiger partial charge on any atom is 0.250 e. The van der Waals surface area contributed by atoms with Gasteiger partial charge in [-0.2, -0.15) is 0 Å². The lowest BCUT2D eigenvalue weighted by Gasteiger charge is -2.08. The maximum atomic E-state index is 12.3. The third-order valence-corrected chi connectivity index (χ3v) is 4.85. The van der Waals surface area contributed by atoms with E-state index in [1.165, 1.54) is 17.4 Å². The van der Waals surface area contributed by atoms with E-state index < -0.39 is 0 Å². The van der Waals surface area contributed by atoms with Gasteiger partial charge in [0.25, 0.3) is 0 Å². The number of rotatable bonds is 8. The number of thiazole rings is 1. The van der Waals surface area contributed by atoms with Crippen molar-refractivity contribution in [2.75, 3.05) is 19.0 Å². The molecule has 5 nitrogen and oxygen atoms in total. The first-order valence-corrected chi connectivity index (χ1v) is 9.66. The van der Waals surface area contributed by atoms with Crippen molar-refractivity contribution in [3.05, 3.63) is 54.1 Å². The Balaban J connectivity index is 1.67. The molecule has 0 saturated carbocycles. The van der Waals surface area contributed by atoms with Crippen molar-refractivity contribution in [3.8, 4) is 11.5 Å². The van der Waals surface area contributed by atoms with Crippen molar-refractivity contribution in [1.82, 2.24) is 4.98 Å². The van der Waals surface area contributed by atoms with Crippen molar-refractivity contribution >= 4 is 38.7 Å². The minimum atomic E-state index is -0.232. The molecule has 3 rings (SSSR count). The van der Waals surface area contributed by atoms with Crippen LogP contribution in [0, 0.1) is 0 Å². The summed E-state index contributed by atoms with van der Waals surface area (Å²) in [5, 5.41) is 3.37. The second kappa shape index (κ2) is 9.19. The Morgan fingerprint density at radius 1 is 1.26 bits per heavy atom. The molecule has 0 bridgehead atoms. The van der Waals surface area contributed by atoms with E-state index in [2.05, 4.69) is 17.2 Å². The van der Waals surface area contributed by atoms with Crippen molar-refractivity contribution in [3.63, 3.8) is 0 Å². The predicted octanol–water partition coefficient (Wildman–Crippen LogP) is 5.14. The molecule has 0 aliphatic rings. The van der Waals surface area contributed by atoms with Crippen molar-refractivity contribution in [2.24, 2.45) is 0 Å². The van der Waals surface area contributed by atoms with E-state index >= 15 is 0 Å². The summed E-state index contributed by atoms with van der Waals surface area (Å²) in [6, 6.07) is 13.3. The summed E-state index contributed by atoms with van der Waals surface area (Å²) in [6.45, 7) is 2.79. The van der Waals surface area contributed by atoms with Gasteiger partial charge >= 0.3 is 0 Å². The zero-order chi connectivity index (χ0) is 19.1. The summed E-state index contributed by atoms with van der Waals surface area (Å²) in [5.74, 6) is 1.31. The van der Waals surface area contributed by atoms with E-state index in [0.717, 1.165) is 40.1 Å². The minimum Gasteiger partial charge on any atom is -0.497 e. The highest BCUT2D eigenvalue weighted by Crippen LogP contribution is 2.29. The van der Waals surface area contributed by atoms with Crippen LogP contribution in [0.1, 0.15) is 25.3 Å². The number of fused-ring (bicyclic) bond motifs is 1. The highest BCUT2D eigenvalue weighted by Gasteiger charge is 2.07. The van der Waals surface area contributed by atoms with Crippen LogP contribution in [0.5, 0.6) is 11.5 Å². The molecule has 2 aromatic carbocycles. The average molecular weight is 382 g/mol. The average Bonchev–Trinajstić information content (AvgIpc) is 3.08. The Bertz CT molecular complexity index is 950. The van der Waals surface area contributed by atoms with Crippen LogP contribution in [0.25, 0.3) is 16.3 Å². The lowest BCUT2D eigenvalue weighted by atomic mass is 10.2. The Labute approximate surface area is 162 Å². The topological polar surface area (TPSA) is 60.5 Å². The third kappa shape index (κ3) is 5.08. The van der Waals surface area contributed by atoms with Gasteiger partial charge in [0.1, 0.15) is 11.5 Å². The molecule has 0 aliphatic heterocycles. The second-order valence-corrected chi connectivity index (χ2v) is 6.95. The van der Waals surface area contributed by atoms with E-state index in [1.54, 1.807) is 13.2 Å². The van der Waals surface area contributed by atoms with E-state index in [4.69, 9.17) is 9.47 Å². The van der Waals surface area contributed by atoms with Gasteiger partial charge in [0.2, 0.25) is 5.91 Å². The number of unbranched alkanes of at least 4 members (excludes halogenated alkanes) is 1. The number of anilines is 1. The lowest BCUT2D eigenvalue weighted by Crippen LogP contribution is -2.07. The molecule has 1 N–H and O–H groups in total. The van der Waals surface area contributed by atoms with Gasteiger partial charge in [-0.15, -0.1) is 0 Å². The number of carbonyl (C=O) groups excluding carboxylic acids is 1. The van der Waals surface area contributed by atoms with Crippen LogP contribution < -0.4 is 14.8 Å². The van der Waals surface area contributed by atoms with Gasteiger partial charge in [0.05, 0.1) is 23.9 Å². The Morgan fingerprint density at radius 3 is 2.93 bits per heavy atom. The highest BCUT2D eigenvalue weighted by atomic mass is 32.1. The summed E-state index contributed by atoms with van der Waals surface area (Å²) in [6.07, 6.45) is 5.33. The van der Waals surface area contributed by atoms with Gasteiger partial charge in [-0.25, -0.2) is 4.98 Å². The number of carbonyl (C=O) groups is 1. The van der Waals surface area contributed by atoms with Gasteiger partial charge in [-0.1, -0.05) is 42.9 Å². The normalized spacial score (nSPS) is 11.0. The summed E-state index contributed by atoms with van der Waals surface area (Å²) in [7, 11) is 1.62. The molecule has 0 spiro atoms. The standard InChI is InChI=1S/C21H22N2O3S/c1-3-4-13-26-18-8-6-5-7-15(18)9-12-20(24)23-21-22-17-11-10-16(25-2)14-19(17)27-21/h5-12,14H,3-4,13H2,1-2H3,(H,22,23,24)/b12-9+. The van der Waals surface area contributed by atoms with E-state index in [9.17, 15) is 4.79 Å². The maximum absolute atomic E-state index is 12.3. The van der Waals surface area contributed by atoms with Gasteiger partial charge in [0.15, 0.2) is 5.13 Å². The van der Waals surface area contributed by atoms with Crippen molar-refractivity contribution < 1.29 is 14.3 Å². The number of methoxy groups -OCH3 is 1. The zero-order valence-electron chi connectivity index (χ0n) is 15.4. The molecule has 6 heteroatoms. The molecule has 0 saturated heterocycles. The minimum absolute atomic E-state index is 0.232. The molecule has 0 atom stereocenters. The first kappa shape index (κ1) is 18.9. The Morgan fingerprint density at radius 2 is 2.11 bits per heavy atom. The first-order chi connectivity index (χ1) is 13.2. The fourth-order valence-electron chi connectivity index (χ4n) is 2.47. The lowest BCUT2D eigenvalue weighted by molar-refractivity contribution is -0.111. The van der Waals surface area contributed by atoms with Gasteiger partial charge < -0.3 is 9.47 Å². The smallest absolute Gasteiger partial charge is 0.250 e. The van der Waals surface area contributed by atoms with Crippen molar-refractivity contribution in [1.29, 1.82) is 0 Å². The van der Waals surface area contributed by atoms with Crippen LogP contribution in [0.15, 0.2) is 48.5 Å². The number of benzene rings is 2. The van der Waals surface area contributed by atoms with E-state index in [-0.39, 0.29) is 5.91 Å². The van der Waals surface area contributed by atoms with Gasteiger partial charge in [-0.3, -0.25) is 10.1 Å². The van der Waals surface area contributed by atoms with Gasteiger partial charge in [-0.05, 0) is 36.8 Å². The number of hydrogen-bond donors (Lipinski definition) is 1. The fraction of sp³-hybridized carbons (Fsp3) is 0.238. The van der Waals surface area contributed by atoms with E-state index in [0.29, 0.717) is 11.7 Å². The number of aromatic nitrogens is 1. The molecule has 3 aromatic rings. The largest absolute Gasteiger partial charge is 0.497 e. The van der Waals surface area contributed by atoms with Crippen LogP contribution in [-0.2, 0) is 4.79 Å². The second-order valence-electron chi connectivity index (χ2n) is 5.92. The monoisotopic (exact) mass is 382 g/mol. The number of nitrogens with zero attached hydrogens (tertiary/aromatic N) is 1. The SMILES string of the molecule is CCCCOc1ccccc1/C=C/C(=O)Nc1nc2ccc(OC)cc2s1. The predicted molar refractivity (Wildman–Crippen MR) is 111 cm³/mol. The Hall–Kier alpha value is -2.86. The number of ether oxygens (including phenoxy) is 2. The number of hydrogen-bond acceptors (Lipinski definition) is 5. The molecule has 0 radical (unpaired) electrons. The molecular weight excluding hydrogens is 360 g/mol. The number of para-hydroxylation sites is 1. The molecule has 1 aromatic heterocycles. The van der Waals surface area contributed by atoms with Crippen LogP contribution in [0.2, 0.25) is 0 Å². The quantitative estimate of drug-likeness (QED) is 0.433. The Kier molecular flexibility index (Phi) is 6.44. The third-order valence-electron chi connectivity index (χ3n) is 3.91. The van der Waals surface area contributed by atoms with Crippen LogP contribution in [0.4, 0.5) is 5.13 Å². The first-order valence-electron chi connectivity index (χ1n) is 8.85. The molecular formula is C21H22N2O3S. The molecule has 0 aliphatic carbocycles. The van der Waals surface area contributed by atoms with E-state index in [1.807, 2.05) is 42.5 Å². The molecule has 140 valence electrons. The summed E-state index contributed by atoms with van der Waals surface area (Å²) in [4.78, 5) is 16.7. The molecule has 0 fully saturated rings. The van der Waals surface area contributed by atoms with Crippen LogP contribution in [-0.4, -0.2) is 24.6 Å². The molecule has 1 amide bonds. The number of amides is 1. The summed E-state index contributed by atoms with van der Waals surface area (Å²) >= 11 is 1.41. The zero-order valence-corrected chi connectivity index (χ0v) is 16.2. The number of nitrogens with one attached hydrogen (secondary N) is 1. The van der Waals surface area contributed by atoms with Crippen molar-refractivity contribution in [2.45, 2.75) is 19.8 Å². The summed E-state index contributed by atoms with van der Waals surface area (Å²) < 4.78 is 12.0. The highest BCUT2D eigenvalue weighted by molar-refractivity contribution is 7.22. The fourth-order valence-corrected chi connectivity index (χ4v) is 3.37. The summed E-state index contributed by atoms with van der Waals surface area (Å²) in [5.41, 5.74) is 1.70. The molecule has 1 heterocycles. The molecule has 0 unspecified atom stereocenters.